The molecule has 2 heterocycles. The number of hydrogen-bond donors (Lipinski definition) is 3. The van der Waals surface area contributed by atoms with Crippen molar-refractivity contribution in [1.29, 1.82) is 0 Å². The third-order valence-corrected chi connectivity index (χ3v) is 3.14. The minimum Gasteiger partial charge on any atom is -0.495 e. The quantitative estimate of drug-likeness (QED) is 0.664. The number of ether oxygens (including phenoxy) is 1. The number of H-pyrrole nitrogens is 2. The molecule has 0 aliphatic carbocycles. The first kappa shape index (κ1) is 11.0. The minimum atomic E-state index is 0.459. The third kappa shape index (κ3) is 1.60. The second-order valence-electron chi connectivity index (χ2n) is 3.94. The predicted molar refractivity (Wildman–Crippen MR) is 71.9 cm³/mol. The van der Waals surface area contributed by atoms with Gasteiger partial charge >= 0.3 is 0 Å². The second kappa shape index (κ2) is 3.96. The maximum atomic E-state index is 6.08. The van der Waals surface area contributed by atoms with Gasteiger partial charge in [-0.15, -0.1) is 0 Å². The van der Waals surface area contributed by atoms with Gasteiger partial charge in [0, 0.05) is 28.7 Å². The van der Waals surface area contributed by atoms with E-state index in [1.807, 2.05) is 18.3 Å². The standard InChI is InChI=1S/C12H11ClN4O/c1-18-11-2-6-7(10-4-12(14)17-16-10)5-15-9(6)3-8(11)13/h2-5,15H,1H3,(H3,14,16,17). The number of nitrogens with one attached hydrogen (secondary N) is 2. The van der Waals surface area contributed by atoms with Gasteiger partial charge in [0.1, 0.15) is 11.6 Å². The van der Waals surface area contributed by atoms with Crippen LogP contribution in [0.15, 0.2) is 24.4 Å². The van der Waals surface area contributed by atoms with Crippen LogP contribution in [0, 0.1) is 0 Å². The molecule has 0 aliphatic heterocycles. The van der Waals surface area contributed by atoms with Crippen LogP contribution in [0.3, 0.4) is 0 Å². The molecule has 0 spiro atoms. The van der Waals surface area contributed by atoms with Gasteiger partial charge < -0.3 is 15.5 Å². The Hall–Kier alpha value is -2.14. The van der Waals surface area contributed by atoms with Crippen molar-refractivity contribution in [2.45, 2.75) is 0 Å². The predicted octanol–water partition coefficient (Wildman–Crippen LogP) is 2.80. The van der Waals surface area contributed by atoms with E-state index in [4.69, 9.17) is 22.1 Å². The molecule has 18 heavy (non-hydrogen) atoms. The van der Waals surface area contributed by atoms with Crippen LogP contribution in [-0.4, -0.2) is 22.3 Å². The monoisotopic (exact) mass is 262 g/mol. The highest BCUT2D eigenvalue weighted by Gasteiger charge is 2.11. The smallest absolute Gasteiger partial charge is 0.145 e. The molecule has 0 aliphatic rings. The summed E-state index contributed by atoms with van der Waals surface area (Å²) >= 11 is 6.08. The number of aromatic nitrogens is 3. The number of nitrogens with zero attached hydrogens (tertiary/aromatic N) is 1. The molecule has 92 valence electrons. The SMILES string of the molecule is COc1cc2c(-c3cc(N)n[nH]3)c[nH]c2cc1Cl. The summed E-state index contributed by atoms with van der Waals surface area (Å²) in [4.78, 5) is 3.16. The zero-order valence-corrected chi connectivity index (χ0v) is 10.4. The number of benzene rings is 1. The summed E-state index contributed by atoms with van der Waals surface area (Å²) < 4.78 is 5.22. The van der Waals surface area contributed by atoms with Crippen molar-refractivity contribution >= 4 is 28.3 Å². The van der Waals surface area contributed by atoms with Gasteiger partial charge in [0.15, 0.2) is 0 Å². The first-order valence-electron chi connectivity index (χ1n) is 5.35. The van der Waals surface area contributed by atoms with E-state index in [1.165, 1.54) is 0 Å². The highest BCUT2D eigenvalue weighted by molar-refractivity contribution is 6.33. The molecule has 0 unspecified atom stereocenters. The van der Waals surface area contributed by atoms with Crippen LogP contribution in [0.1, 0.15) is 0 Å². The molecule has 3 rings (SSSR count). The fourth-order valence-corrected chi connectivity index (χ4v) is 2.22. The number of nitrogens with two attached hydrogens (primary N) is 1. The molecule has 4 N–H and O–H groups in total. The molecule has 0 bridgehead atoms. The van der Waals surface area contributed by atoms with E-state index < -0.39 is 0 Å². The molecule has 0 fully saturated rings. The Kier molecular flexibility index (Phi) is 2.41. The Morgan fingerprint density at radius 3 is 2.83 bits per heavy atom. The van der Waals surface area contributed by atoms with Gasteiger partial charge in [0.2, 0.25) is 0 Å². The van der Waals surface area contributed by atoms with E-state index in [0.717, 1.165) is 22.2 Å². The van der Waals surface area contributed by atoms with Crippen molar-refractivity contribution in [2.24, 2.45) is 0 Å². The van der Waals surface area contributed by atoms with Crippen molar-refractivity contribution in [1.82, 2.24) is 15.2 Å². The first-order valence-corrected chi connectivity index (χ1v) is 5.72. The number of fused-ring (bicyclic) bond motifs is 1. The summed E-state index contributed by atoms with van der Waals surface area (Å²) in [6.07, 6.45) is 1.88. The van der Waals surface area contributed by atoms with Gasteiger partial charge in [0.25, 0.3) is 0 Å². The lowest BCUT2D eigenvalue weighted by Gasteiger charge is -2.03. The molecule has 0 saturated heterocycles. The van der Waals surface area contributed by atoms with Gasteiger partial charge in [-0.25, -0.2) is 0 Å². The van der Waals surface area contributed by atoms with E-state index in [-0.39, 0.29) is 0 Å². The first-order chi connectivity index (χ1) is 8.69. The van der Waals surface area contributed by atoms with Gasteiger partial charge in [-0.2, -0.15) is 5.10 Å². The van der Waals surface area contributed by atoms with Crippen LogP contribution in [0.2, 0.25) is 5.02 Å². The maximum Gasteiger partial charge on any atom is 0.145 e. The Balaban J connectivity index is 2.25. The van der Waals surface area contributed by atoms with Crippen LogP contribution in [-0.2, 0) is 0 Å². The topological polar surface area (TPSA) is 79.7 Å². The molecule has 6 heteroatoms. The third-order valence-electron chi connectivity index (χ3n) is 2.84. The Labute approximate surface area is 108 Å². The van der Waals surface area contributed by atoms with E-state index in [2.05, 4.69) is 15.2 Å². The summed E-state index contributed by atoms with van der Waals surface area (Å²) in [5.74, 6) is 1.10. The number of methoxy groups -OCH3 is 1. The lowest BCUT2D eigenvalue weighted by Crippen LogP contribution is -1.84. The van der Waals surface area contributed by atoms with Crippen molar-refractivity contribution in [3.63, 3.8) is 0 Å². The number of anilines is 1. The summed E-state index contributed by atoms with van der Waals surface area (Å²) in [7, 11) is 1.59. The average Bonchev–Trinajstić information content (AvgIpc) is 2.93. The second-order valence-corrected chi connectivity index (χ2v) is 4.35. The maximum absolute atomic E-state index is 6.08. The fraction of sp³-hybridized carbons (Fsp3) is 0.0833. The summed E-state index contributed by atoms with van der Waals surface area (Å²) in [6.45, 7) is 0. The van der Waals surface area contributed by atoms with E-state index in [9.17, 15) is 0 Å². The van der Waals surface area contributed by atoms with Crippen LogP contribution < -0.4 is 10.5 Å². The molecule has 0 radical (unpaired) electrons. The Bertz CT molecular complexity index is 716. The van der Waals surface area contributed by atoms with E-state index in [1.54, 1.807) is 13.2 Å². The zero-order valence-electron chi connectivity index (χ0n) is 9.62. The number of rotatable bonds is 2. The number of nitrogen functional groups attached to an aromatic ring is 1. The largest absolute Gasteiger partial charge is 0.495 e. The van der Waals surface area contributed by atoms with Crippen molar-refractivity contribution in [3.05, 3.63) is 29.4 Å². The molecule has 3 aromatic rings. The van der Waals surface area contributed by atoms with Crippen LogP contribution in [0.25, 0.3) is 22.2 Å². The summed E-state index contributed by atoms with van der Waals surface area (Å²) in [6, 6.07) is 5.50. The average molecular weight is 263 g/mol. The Morgan fingerprint density at radius 1 is 1.33 bits per heavy atom. The van der Waals surface area contributed by atoms with Gasteiger partial charge in [0.05, 0.1) is 17.8 Å². The molecule has 1 aromatic carbocycles. The number of aromatic amines is 2. The van der Waals surface area contributed by atoms with E-state index >= 15 is 0 Å². The van der Waals surface area contributed by atoms with Crippen molar-refractivity contribution < 1.29 is 4.74 Å². The lowest BCUT2D eigenvalue weighted by molar-refractivity contribution is 0.415. The minimum absolute atomic E-state index is 0.459. The van der Waals surface area contributed by atoms with Gasteiger partial charge in [-0.3, -0.25) is 5.10 Å². The van der Waals surface area contributed by atoms with Gasteiger partial charge in [-0.05, 0) is 12.1 Å². The normalized spacial score (nSPS) is 11.0. The molecule has 0 atom stereocenters. The van der Waals surface area contributed by atoms with E-state index in [0.29, 0.717) is 16.6 Å². The van der Waals surface area contributed by atoms with Gasteiger partial charge in [-0.1, -0.05) is 11.6 Å². The van der Waals surface area contributed by atoms with Crippen molar-refractivity contribution in [3.8, 4) is 17.0 Å². The zero-order chi connectivity index (χ0) is 12.7. The number of hydrogen-bond acceptors (Lipinski definition) is 3. The Morgan fingerprint density at radius 2 is 2.17 bits per heavy atom. The fourth-order valence-electron chi connectivity index (χ4n) is 1.98. The van der Waals surface area contributed by atoms with Crippen molar-refractivity contribution in [2.75, 3.05) is 12.8 Å². The lowest BCUT2D eigenvalue weighted by atomic mass is 10.1. The summed E-state index contributed by atoms with van der Waals surface area (Å²) in [5, 5.41) is 8.38. The molecule has 0 saturated carbocycles. The van der Waals surface area contributed by atoms with Crippen LogP contribution in [0.4, 0.5) is 5.82 Å². The van der Waals surface area contributed by atoms with Crippen LogP contribution in [0.5, 0.6) is 5.75 Å². The molecule has 0 amide bonds. The molecular formula is C12H11ClN4O. The highest BCUT2D eigenvalue weighted by Crippen LogP contribution is 2.35. The molecule has 2 aromatic heterocycles. The summed E-state index contributed by atoms with van der Waals surface area (Å²) in [5.41, 5.74) is 8.37. The number of halogens is 1. The van der Waals surface area contributed by atoms with Crippen LogP contribution >= 0.6 is 11.6 Å². The highest BCUT2D eigenvalue weighted by atomic mass is 35.5. The molecular weight excluding hydrogens is 252 g/mol. The molecule has 5 nitrogen and oxygen atoms in total.